The predicted octanol–water partition coefficient (Wildman–Crippen LogP) is 0.286. The second kappa shape index (κ2) is 6.49. The fourth-order valence-corrected chi connectivity index (χ4v) is 3.12. The molecule has 0 spiro atoms. The van der Waals surface area contributed by atoms with Gasteiger partial charge in [-0.25, -0.2) is 13.6 Å². The highest BCUT2D eigenvalue weighted by molar-refractivity contribution is 7.89. The van der Waals surface area contributed by atoms with E-state index in [1.165, 1.54) is 12.1 Å². The quantitative estimate of drug-likeness (QED) is 0.535. The Morgan fingerprint density at radius 2 is 1.71 bits per heavy atom. The molecule has 0 heterocycles. The van der Waals surface area contributed by atoms with Crippen LogP contribution in [0.2, 0.25) is 0 Å². The van der Waals surface area contributed by atoms with Crippen molar-refractivity contribution in [2.75, 3.05) is 0 Å². The normalized spacial score (nSPS) is 10.7. The van der Waals surface area contributed by atoms with E-state index in [2.05, 4.69) is 4.99 Å². The molecule has 0 bridgehead atoms. The Balaban J connectivity index is 2.86. The first kappa shape index (κ1) is 17.1. The maximum atomic E-state index is 12.0. The third-order valence-electron chi connectivity index (χ3n) is 3.10. The molecule has 0 radical (unpaired) electrons. The highest BCUT2D eigenvalue weighted by Gasteiger charge is 2.25. The van der Waals surface area contributed by atoms with Crippen LogP contribution < -0.4 is 16.6 Å². The van der Waals surface area contributed by atoms with E-state index in [9.17, 15) is 18.5 Å². The average molecular weight is 343 g/mol. The van der Waals surface area contributed by atoms with Crippen LogP contribution in [0, 0.1) is 11.3 Å². The first-order valence-corrected chi connectivity index (χ1v) is 8.09. The lowest BCUT2D eigenvalue weighted by Gasteiger charge is -2.12. The number of rotatable bonds is 3. The highest BCUT2D eigenvalue weighted by Crippen LogP contribution is 2.31. The molecule has 8 nitrogen and oxygen atoms in total. The largest absolute Gasteiger partial charge is 0.370 e. The van der Waals surface area contributed by atoms with Crippen molar-refractivity contribution in [2.45, 2.75) is 4.90 Å². The first-order chi connectivity index (χ1) is 11.3. The summed E-state index contributed by atoms with van der Waals surface area (Å²) in [6.07, 6.45) is 0. The maximum Gasteiger partial charge on any atom is 0.281 e. The van der Waals surface area contributed by atoms with Crippen molar-refractivity contribution in [3.63, 3.8) is 0 Å². The number of nitriles is 1. The van der Waals surface area contributed by atoms with Crippen LogP contribution in [0.1, 0.15) is 15.9 Å². The van der Waals surface area contributed by atoms with Gasteiger partial charge >= 0.3 is 0 Å². The predicted molar refractivity (Wildman–Crippen MR) is 88.1 cm³/mol. The first-order valence-electron chi connectivity index (χ1n) is 6.55. The van der Waals surface area contributed by atoms with Crippen molar-refractivity contribution >= 4 is 21.9 Å². The Hall–Kier alpha value is -3.22. The Labute approximate surface area is 138 Å². The number of carbonyl (C=O) groups is 1. The number of hydrogen-bond donors (Lipinski definition) is 3. The van der Waals surface area contributed by atoms with Crippen LogP contribution in [0.3, 0.4) is 0 Å². The Bertz CT molecular complexity index is 972. The molecule has 0 aliphatic heterocycles. The minimum absolute atomic E-state index is 0.205. The Kier molecular flexibility index (Phi) is 4.64. The van der Waals surface area contributed by atoms with Crippen LogP contribution in [0.4, 0.5) is 0 Å². The van der Waals surface area contributed by atoms with E-state index >= 15 is 0 Å². The van der Waals surface area contributed by atoms with Gasteiger partial charge in [0.05, 0.1) is 11.1 Å². The molecular weight excluding hydrogens is 330 g/mol. The zero-order valence-electron chi connectivity index (χ0n) is 12.3. The molecule has 9 heteroatoms. The molecule has 0 aliphatic rings. The Morgan fingerprint density at radius 3 is 2.21 bits per heavy atom. The third kappa shape index (κ3) is 3.40. The second-order valence-corrected chi connectivity index (χ2v) is 6.23. The summed E-state index contributed by atoms with van der Waals surface area (Å²) in [5.41, 5.74) is 10.4. The van der Waals surface area contributed by atoms with Crippen LogP contribution in [0.5, 0.6) is 0 Å². The summed E-state index contributed by atoms with van der Waals surface area (Å²) in [6.45, 7) is 0. The number of nitrogens with two attached hydrogens (primary N) is 3. The molecule has 0 fully saturated rings. The summed E-state index contributed by atoms with van der Waals surface area (Å²) in [6, 6.07) is 12.8. The summed E-state index contributed by atoms with van der Waals surface area (Å²) in [5.74, 6) is -1.44. The fraction of sp³-hybridized carbons (Fsp3) is 0. The van der Waals surface area contributed by atoms with E-state index in [-0.39, 0.29) is 11.1 Å². The number of primary sulfonamides is 1. The van der Waals surface area contributed by atoms with Crippen LogP contribution >= 0.6 is 0 Å². The molecule has 2 aromatic rings. The van der Waals surface area contributed by atoms with Crippen LogP contribution in [0.25, 0.3) is 11.1 Å². The van der Waals surface area contributed by atoms with E-state index in [1.807, 2.05) is 0 Å². The van der Waals surface area contributed by atoms with Crippen LogP contribution in [-0.4, -0.2) is 20.3 Å². The molecule has 2 aromatic carbocycles. The minimum Gasteiger partial charge on any atom is -0.370 e. The van der Waals surface area contributed by atoms with E-state index < -0.39 is 32.3 Å². The van der Waals surface area contributed by atoms with Crippen molar-refractivity contribution in [1.29, 1.82) is 5.26 Å². The molecule has 6 N–H and O–H groups in total. The number of carbonyl (C=O) groups excluding carboxylic acids is 1. The molecule has 1 amide bonds. The van der Waals surface area contributed by atoms with Gasteiger partial charge in [-0.05, 0) is 11.6 Å². The van der Waals surface area contributed by atoms with E-state index in [1.54, 1.807) is 36.4 Å². The molecule has 0 aromatic heterocycles. The molecule has 122 valence electrons. The molecular formula is C15H13N5O3S. The lowest BCUT2D eigenvalue weighted by atomic mass is 9.99. The van der Waals surface area contributed by atoms with Crippen molar-refractivity contribution in [2.24, 2.45) is 21.6 Å². The van der Waals surface area contributed by atoms with Gasteiger partial charge in [0.15, 0.2) is 5.96 Å². The highest BCUT2D eigenvalue weighted by atomic mass is 32.2. The average Bonchev–Trinajstić information content (AvgIpc) is 2.52. The van der Waals surface area contributed by atoms with Crippen molar-refractivity contribution < 1.29 is 13.2 Å². The minimum atomic E-state index is -4.29. The zero-order valence-corrected chi connectivity index (χ0v) is 13.1. The fourth-order valence-electron chi connectivity index (χ4n) is 2.19. The third-order valence-corrected chi connectivity index (χ3v) is 4.09. The molecule has 0 saturated carbocycles. The van der Waals surface area contributed by atoms with Gasteiger partial charge in [0, 0.05) is 5.56 Å². The van der Waals surface area contributed by atoms with E-state index in [0.29, 0.717) is 5.56 Å². The van der Waals surface area contributed by atoms with Gasteiger partial charge in [-0.3, -0.25) is 4.79 Å². The molecule has 0 aliphatic carbocycles. The molecule has 2 rings (SSSR count). The van der Waals surface area contributed by atoms with Gasteiger partial charge in [0.1, 0.15) is 11.0 Å². The Morgan fingerprint density at radius 1 is 1.08 bits per heavy atom. The van der Waals surface area contributed by atoms with Gasteiger partial charge in [-0.2, -0.15) is 10.3 Å². The maximum absolute atomic E-state index is 12.0. The number of nitrogens with zero attached hydrogens (tertiary/aromatic N) is 2. The number of sulfonamides is 1. The smallest absolute Gasteiger partial charge is 0.281 e. The summed E-state index contributed by atoms with van der Waals surface area (Å²) >= 11 is 0. The SMILES string of the molecule is N#Cc1c(C(=O)N=C(N)N)ccc(-c2ccccc2)c1S(N)(=O)=O. The van der Waals surface area contributed by atoms with Gasteiger partial charge in [-0.1, -0.05) is 36.4 Å². The van der Waals surface area contributed by atoms with Crippen LogP contribution in [0.15, 0.2) is 52.4 Å². The van der Waals surface area contributed by atoms with E-state index in [4.69, 9.17) is 16.6 Å². The number of aliphatic imine (C=N–C) groups is 1. The van der Waals surface area contributed by atoms with E-state index in [0.717, 1.165) is 0 Å². The molecule has 0 saturated heterocycles. The standard InChI is InChI=1S/C15H13N5O3S/c16-8-12-11(14(21)20-15(17)18)7-6-10(13(12)24(19,22)23)9-4-2-1-3-5-9/h1-7H,(H2,19,22,23)(H4,17,18,20,21). The zero-order chi connectivity index (χ0) is 17.9. The molecule has 0 unspecified atom stereocenters. The monoisotopic (exact) mass is 343 g/mol. The van der Waals surface area contributed by atoms with Crippen molar-refractivity contribution in [3.05, 3.63) is 53.6 Å². The lowest BCUT2D eigenvalue weighted by Crippen LogP contribution is -2.24. The molecule has 0 atom stereocenters. The van der Waals surface area contributed by atoms with Gasteiger partial charge < -0.3 is 11.5 Å². The van der Waals surface area contributed by atoms with Crippen LogP contribution in [-0.2, 0) is 10.0 Å². The van der Waals surface area contributed by atoms with Gasteiger partial charge in [-0.15, -0.1) is 0 Å². The van der Waals surface area contributed by atoms with Gasteiger partial charge in [0.2, 0.25) is 10.0 Å². The summed E-state index contributed by atoms with van der Waals surface area (Å²) in [5, 5.41) is 14.6. The summed E-state index contributed by atoms with van der Waals surface area (Å²) in [4.78, 5) is 14.9. The number of guanidine groups is 1. The summed E-state index contributed by atoms with van der Waals surface area (Å²) < 4.78 is 24.1. The summed E-state index contributed by atoms with van der Waals surface area (Å²) in [7, 11) is -4.29. The van der Waals surface area contributed by atoms with Gasteiger partial charge in [0.25, 0.3) is 5.91 Å². The lowest BCUT2D eigenvalue weighted by molar-refractivity contribution is 0.100. The van der Waals surface area contributed by atoms with Crippen molar-refractivity contribution in [3.8, 4) is 17.2 Å². The number of hydrogen-bond acceptors (Lipinski definition) is 4. The number of amides is 1. The van der Waals surface area contributed by atoms with Crippen molar-refractivity contribution in [1.82, 2.24) is 0 Å². The topological polar surface area (TPSA) is 165 Å². The number of benzene rings is 2. The molecule has 24 heavy (non-hydrogen) atoms. The second-order valence-electron chi connectivity index (χ2n) is 4.73.